The van der Waals surface area contributed by atoms with E-state index < -0.39 is 0 Å². The lowest BCUT2D eigenvalue weighted by Crippen LogP contribution is -2.02. The summed E-state index contributed by atoms with van der Waals surface area (Å²) in [4.78, 5) is 9.22. The summed E-state index contributed by atoms with van der Waals surface area (Å²) in [6.45, 7) is 3.13. The Morgan fingerprint density at radius 1 is 1.10 bits per heavy atom. The number of hydrogen-bond acceptors (Lipinski definition) is 3. The SMILES string of the molecule is CCCCCn1c(-c2ccccc2)nc2c(N)ccnc21. The van der Waals surface area contributed by atoms with Crippen molar-refractivity contribution < 1.29 is 0 Å². The molecule has 0 fully saturated rings. The Morgan fingerprint density at radius 2 is 1.90 bits per heavy atom. The van der Waals surface area contributed by atoms with Crippen molar-refractivity contribution >= 4 is 16.9 Å². The summed E-state index contributed by atoms with van der Waals surface area (Å²) in [5, 5.41) is 0. The molecule has 0 aliphatic rings. The molecule has 2 heterocycles. The van der Waals surface area contributed by atoms with E-state index in [1.165, 1.54) is 12.8 Å². The van der Waals surface area contributed by atoms with Gasteiger partial charge in [0.05, 0.1) is 5.69 Å². The molecule has 0 saturated carbocycles. The van der Waals surface area contributed by atoms with Crippen molar-refractivity contribution in [1.82, 2.24) is 14.5 Å². The summed E-state index contributed by atoms with van der Waals surface area (Å²) in [5.74, 6) is 0.951. The predicted molar refractivity (Wildman–Crippen MR) is 86.9 cm³/mol. The molecular formula is C17H20N4. The maximum atomic E-state index is 6.06. The van der Waals surface area contributed by atoms with Crippen LogP contribution in [0.5, 0.6) is 0 Å². The Balaban J connectivity index is 2.13. The molecule has 0 bridgehead atoms. The van der Waals surface area contributed by atoms with Gasteiger partial charge in [-0.1, -0.05) is 50.1 Å². The second-order valence-electron chi connectivity index (χ2n) is 5.23. The number of fused-ring (bicyclic) bond motifs is 1. The molecule has 2 aromatic heterocycles. The first kappa shape index (κ1) is 13.6. The maximum absolute atomic E-state index is 6.06. The van der Waals surface area contributed by atoms with Crippen molar-refractivity contribution in [2.45, 2.75) is 32.7 Å². The summed E-state index contributed by atoms with van der Waals surface area (Å²) >= 11 is 0. The fourth-order valence-electron chi connectivity index (χ4n) is 2.58. The van der Waals surface area contributed by atoms with Gasteiger partial charge < -0.3 is 10.3 Å². The van der Waals surface area contributed by atoms with Gasteiger partial charge in [0.2, 0.25) is 0 Å². The van der Waals surface area contributed by atoms with Crippen LogP contribution in [0.15, 0.2) is 42.6 Å². The molecule has 0 spiro atoms. The van der Waals surface area contributed by atoms with Crippen molar-refractivity contribution in [3.8, 4) is 11.4 Å². The Bertz CT molecular complexity index is 731. The number of nitrogens with zero attached hydrogens (tertiary/aromatic N) is 3. The quantitative estimate of drug-likeness (QED) is 0.722. The number of nitrogen functional groups attached to an aromatic ring is 1. The number of unbranched alkanes of at least 4 members (excludes halogenated alkanes) is 2. The van der Waals surface area contributed by atoms with Crippen LogP contribution in [0, 0.1) is 0 Å². The van der Waals surface area contributed by atoms with E-state index in [4.69, 9.17) is 10.7 Å². The normalized spacial score (nSPS) is 11.1. The zero-order valence-electron chi connectivity index (χ0n) is 12.3. The van der Waals surface area contributed by atoms with Gasteiger partial charge in [-0.2, -0.15) is 0 Å². The van der Waals surface area contributed by atoms with Crippen LogP contribution in [0.3, 0.4) is 0 Å². The molecule has 0 amide bonds. The zero-order chi connectivity index (χ0) is 14.7. The molecule has 4 nitrogen and oxygen atoms in total. The monoisotopic (exact) mass is 280 g/mol. The van der Waals surface area contributed by atoms with Crippen molar-refractivity contribution in [2.24, 2.45) is 0 Å². The van der Waals surface area contributed by atoms with Gasteiger partial charge in [0.25, 0.3) is 0 Å². The van der Waals surface area contributed by atoms with Crippen LogP contribution in [-0.4, -0.2) is 14.5 Å². The summed E-state index contributed by atoms with van der Waals surface area (Å²) in [6.07, 6.45) is 5.28. The number of pyridine rings is 1. The molecule has 3 rings (SSSR count). The van der Waals surface area contributed by atoms with Crippen LogP contribution in [-0.2, 0) is 6.54 Å². The summed E-state index contributed by atoms with van der Waals surface area (Å²) in [7, 11) is 0. The molecule has 108 valence electrons. The van der Waals surface area contributed by atoms with Gasteiger partial charge in [0.1, 0.15) is 11.3 Å². The number of nitrogens with two attached hydrogens (primary N) is 1. The Hall–Kier alpha value is -2.36. The van der Waals surface area contributed by atoms with E-state index in [1.807, 2.05) is 18.2 Å². The molecule has 0 aliphatic carbocycles. The van der Waals surface area contributed by atoms with Crippen LogP contribution >= 0.6 is 0 Å². The van der Waals surface area contributed by atoms with E-state index in [0.717, 1.165) is 35.5 Å². The Kier molecular flexibility index (Phi) is 3.86. The highest BCUT2D eigenvalue weighted by atomic mass is 15.1. The lowest BCUT2D eigenvalue weighted by atomic mass is 10.2. The number of aryl methyl sites for hydroxylation is 1. The Labute approximate surface area is 124 Å². The van der Waals surface area contributed by atoms with E-state index in [2.05, 4.69) is 28.6 Å². The average molecular weight is 280 g/mol. The van der Waals surface area contributed by atoms with E-state index in [0.29, 0.717) is 5.69 Å². The molecule has 0 unspecified atom stereocenters. The minimum atomic E-state index is 0.687. The number of anilines is 1. The third-order valence-corrected chi connectivity index (χ3v) is 3.68. The van der Waals surface area contributed by atoms with Crippen molar-refractivity contribution in [1.29, 1.82) is 0 Å². The van der Waals surface area contributed by atoms with Gasteiger partial charge >= 0.3 is 0 Å². The number of hydrogen-bond donors (Lipinski definition) is 1. The minimum Gasteiger partial charge on any atom is -0.397 e. The van der Waals surface area contributed by atoms with E-state index >= 15 is 0 Å². The second kappa shape index (κ2) is 5.95. The number of aromatic nitrogens is 3. The molecule has 2 N–H and O–H groups in total. The Morgan fingerprint density at radius 3 is 2.67 bits per heavy atom. The van der Waals surface area contributed by atoms with Crippen LogP contribution < -0.4 is 5.73 Å². The molecule has 4 heteroatoms. The third-order valence-electron chi connectivity index (χ3n) is 3.68. The van der Waals surface area contributed by atoms with E-state index in [-0.39, 0.29) is 0 Å². The summed E-state index contributed by atoms with van der Waals surface area (Å²) < 4.78 is 2.19. The fraction of sp³-hybridized carbons (Fsp3) is 0.294. The highest BCUT2D eigenvalue weighted by Gasteiger charge is 2.14. The molecule has 3 aromatic rings. The predicted octanol–water partition coefficient (Wildman–Crippen LogP) is 3.87. The molecular weight excluding hydrogens is 260 g/mol. The average Bonchev–Trinajstić information content (AvgIpc) is 2.89. The summed E-state index contributed by atoms with van der Waals surface area (Å²) in [5.41, 5.74) is 9.52. The van der Waals surface area contributed by atoms with Gasteiger partial charge in [0.15, 0.2) is 5.65 Å². The highest BCUT2D eigenvalue weighted by Crippen LogP contribution is 2.26. The fourth-order valence-corrected chi connectivity index (χ4v) is 2.58. The number of benzene rings is 1. The first-order valence-corrected chi connectivity index (χ1v) is 7.47. The highest BCUT2D eigenvalue weighted by molar-refractivity contribution is 5.87. The minimum absolute atomic E-state index is 0.687. The van der Waals surface area contributed by atoms with Crippen molar-refractivity contribution in [3.05, 3.63) is 42.6 Å². The molecule has 0 aliphatic heterocycles. The lowest BCUT2D eigenvalue weighted by molar-refractivity contribution is 0.614. The third kappa shape index (κ3) is 2.61. The van der Waals surface area contributed by atoms with E-state index in [9.17, 15) is 0 Å². The number of rotatable bonds is 5. The van der Waals surface area contributed by atoms with Crippen LogP contribution in [0.1, 0.15) is 26.2 Å². The molecule has 0 radical (unpaired) electrons. The van der Waals surface area contributed by atoms with Gasteiger partial charge in [-0.25, -0.2) is 9.97 Å². The van der Waals surface area contributed by atoms with Crippen molar-refractivity contribution in [3.63, 3.8) is 0 Å². The first-order valence-electron chi connectivity index (χ1n) is 7.47. The van der Waals surface area contributed by atoms with Crippen LogP contribution in [0.4, 0.5) is 5.69 Å². The lowest BCUT2D eigenvalue weighted by Gasteiger charge is -2.08. The van der Waals surface area contributed by atoms with Gasteiger partial charge in [-0.05, 0) is 12.5 Å². The second-order valence-corrected chi connectivity index (χ2v) is 5.23. The zero-order valence-corrected chi connectivity index (χ0v) is 12.3. The van der Waals surface area contributed by atoms with Gasteiger partial charge in [0, 0.05) is 18.3 Å². The maximum Gasteiger partial charge on any atom is 0.162 e. The molecule has 0 saturated heterocycles. The van der Waals surface area contributed by atoms with Crippen LogP contribution in [0.2, 0.25) is 0 Å². The summed E-state index contributed by atoms with van der Waals surface area (Å²) in [6, 6.07) is 12.0. The topological polar surface area (TPSA) is 56.7 Å². The smallest absolute Gasteiger partial charge is 0.162 e. The number of imidazole rings is 1. The first-order chi connectivity index (χ1) is 10.3. The van der Waals surface area contributed by atoms with Crippen LogP contribution in [0.25, 0.3) is 22.6 Å². The van der Waals surface area contributed by atoms with E-state index in [1.54, 1.807) is 12.3 Å². The molecule has 21 heavy (non-hydrogen) atoms. The van der Waals surface area contributed by atoms with Gasteiger partial charge in [-0.3, -0.25) is 0 Å². The van der Waals surface area contributed by atoms with Gasteiger partial charge in [-0.15, -0.1) is 0 Å². The molecule has 1 aromatic carbocycles. The standard InChI is InChI=1S/C17H20N4/c1-2-3-7-12-21-16(13-8-5-4-6-9-13)20-15-14(18)10-11-19-17(15)21/h4-6,8-11H,2-3,7,12H2,1H3,(H2,18,19). The largest absolute Gasteiger partial charge is 0.397 e. The molecule has 0 atom stereocenters. The van der Waals surface area contributed by atoms with Crippen molar-refractivity contribution in [2.75, 3.05) is 5.73 Å².